The van der Waals surface area contributed by atoms with Crippen LogP contribution in [0.2, 0.25) is 0 Å². The van der Waals surface area contributed by atoms with Crippen LogP contribution in [0.5, 0.6) is 0 Å². The Morgan fingerprint density at radius 2 is 0.648 bits per heavy atom. The summed E-state index contributed by atoms with van der Waals surface area (Å²) >= 11 is 6.67. The molecular weight excluding hydrogens is 1960 g/mol. The molecule has 0 saturated carbocycles. The molecule has 0 spiro atoms. The lowest BCUT2D eigenvalue weighted by atomic mass is 9.49. The third-order valence-corrected chi connectivity index (χ3v) is 33.6. The van der Waals surface area contributed by atoms with E-state index in [-0.39, 0.29) is 112 Å². The fourth-order valence-corrected chi connectivity index (χ4v) is 22.7. The molecule has 13 aliphatic heterocycles. The molecule has 3 aromatic carbocycles. The van der Waals surface area contributed by atoms with Crippen LogP contribution in [-0.4, -0.2) is 282 Å². The third-order valence-electron chi connectivity index (χ3n) is 28.2. The summed E-state index contributed by atoms with van der Waals surface area (Å²) in [7, 11) is 7.44. The number of hydrogen-bond donors (Lipinski definition) is 0. The summed E-state index contributed by atoms with van der Waals surface area (Å²) in [4.78, 5) is 134. The fraction of sp³-hybridized carbons (Fsp3) is 0.413. The van der Waals surface area contributed by atoms with Crippen molar-refractivity contribution in [3.05, 3.63) is 317 Å². The molecule has 32 nitrogen and oxygen atoms in total. The minimum Gasteiger partial charge on any atom is -0.405 e. The molecule has 752 valence electrons. The van der Waals surface area contributed by atoms with Gasteiger partial charge in [0, 0.05) is 153 Å². The van der Waals surface area contributed by atoms with Gasteiger partial charge < -0.3 is 80.5 Å². The Kier molecular flexibility index (Phi) is 34.1. The number of rotatable bonds is 18. The lowest BCUT2D eigenvalue weighted by molar-refractivity contribution is -0.109. The van der Waals surface area contributed by atoms with E-state index < -0.39 is 39.6 Å². The Bertz CT molecular complexity index is 6000. The molecule has 10 bridgehead atoms. The van der Waals surface area contributed by atoms with E-state index in [1.54, 1.807) is 117 Å². The van der Waals surface area contributed by atoms with Crippen LogP contribution in [0.25, 0.3) is 16.7 Å². The van der Waals surface area contributed by atoms with Crippen molar-refractivity contribution in [2.24, 2.45) is 28.2 Å². The maximum atomic E-state index is 12.3. The topological polar surface area (TPSA) is 289 Å². The van der Waals surface area contributed by atoms with E-state index in [1.807, 2.05) is 150 Å². The van der Waals surface area contributed by atoms with Crippen molar-refractivity contribution >= 4 is 123 Å². The van der Waals surface area contributed by atoms with Gasteiger partial charge in [-0.3, -0.25) is 33.7 Å². The predicted octanol–water partition coefficient (Wildman–Crippen LogP) is 13.2. The second kappa shape index (κ2) is 44.9. The van der Waals surface area contributed by atoms with Crippen LogP contribution in [-0.2, 0) is 70.6 Å². The summed E-state index contributed by atoms with van der Waals surface area (Å²) < 4.78 is 44.2. The molecule has 20 rings (SSSR count). The lowest BCUT2D eigenvalue weighted by Crippen LogP contribution is -2.41. The number of aromatic nitrogens is 4. The molecule has 0 N–H and O–H groups in total. The number of benzene rings is 3. The van der Waals surface area contributed by atoms with Crippen LogP contribution in [0.1, 0.15) is 107 Å². The lowest BCUT2D eigenvalue weighted by Gasteiger charge is -2.32. The van der Waals surface area contributed by atoms with Gasteiger partial charge in [0.25, 0.3) is 0 Å². The van der Waals surface area contributed by atoms with Crippen LogP contribution < -0.4 is 38.2 Å². The highest BCUT2D eigenvalue weighted by molar-refractivity contribution is 9.11. The average Bonchev–Trinajstić information content (AvgIpc) is 1.64. The van der Waals surface area contributed by atoms with Gasteiger partial charge in [-0.2, -0.15) is 15.2 Å². The van der Waals surface area contributed by atoms with Gasteiger partial charge in [-0.15, -0.1) is 19.7 Å². The van der Waals surface area contributed by atoms with Crippen molar-refractivity contribution in [3.63, 3.8) is 0 Å². The fourth-order valence-electron chi connectivity index (χ4n) is 18.0. The first-order chi connectivity index (χ1) is 67.2. The highest BCUT2D eigenvalue weighted by Crippen LogP contribution is 2.57. The summed E-state index contributed by atoms with van der Waals surface area (Å²) in [6, 6.07) is 45.8. The second-order valence-corrected chi connectivity index (χ2v) is 44.3. The zero-order chi connectivity index (χ0) is 103. The van der Waals surface area contributed by atoms with Gasteiger partial charge in [-0.1, -0.05) is 125 Å². The van der Waals surface area contributed by atoms with Crippen molar-refractivity contribution in [3.8, 4) is 0 Å². The summed E-state index contributed by atoms with van der Waals surface area (Å²) in [5, 5.41) is 8.42. The Labute approximate surface area is 850 Å². The second-order valence-electron chi connectivity index (χ2n) is 39.2. The number of amides is 10. The van der Waals surface area contributed by atoms with Crippen molar-refractivity contribution in [2.75, 3.05) is 99.4 Å². The molecule has 5 atom stereocenters. The molecule has 8 saturated heterocycles. The molecule has 0 radical (unpaired) electrons. The number of pyridine rings is 4. The Hall–Kier alpha value is -11.3. The van der Waals surface area contributed by atoms with Gasteiger partial charge in [0.15, 0.2) is 0 Å². The van der Waals surface area contributed by atoms with E-state index in [1.165, 1.54) is 52.4 Å². The van der Waals surface area contributed by atoms with Gasteiger partial charge in [0.05, 0.1) is 90.5 Å². The summed E-state index contributed by atoms with van der Waals surface area (Å²) in [5.41, 5.74) is 4.89. The van der Waals surface area contributed by atoms with Crippen LogP contribution in [0.3, 0.4) is 0 Å². The molecule has 4 aromatic heterocycles. The highest BCUT2D eigenvalue weighted by Gasteiger charge is 2.64. The minimum absolute atomic E-state index is 0.0104. The average molecular weight is 2090 g/mol. The SMILES string of the molecule is C/C=C/[P+](c1ccccc1)(c1ccccc1)c1ccccc1.C=CCON1C(=O)N2CC=C(B3OC(C)(C)C(C)(C)O3)C1C2.C=CCON1C(=O)N2CC=C(Br)C1C2.C=CCON1C(=O)N2CC=C(c3ccc(=O)n(C)c3)C1C2.CC1(C)OB(B2OC(C)(C)C(C)(C)O2)OC1(C)C.CN1C(=O)N2CC=C(c3ccc(=O)n(C)c3)C1C2.CN1C(=O)N2CC=C(c3ccc(=O)n(C)c3)C1C2.Cn1cc(Br)ccc1=O. The van der Waals surface area contributed by atoms with E-state index in [4.69, 9.17) is 42.4 Å². The van der Waals surface area contributed by atoms with Gasteiger partial charge in [0.1, 0.15) is 35.3 Å². The first-order valence-electron chi connectivity index (χ1n) is 47.5. The number of hydroxylamine groups is 6. The molecule has 7 aromatic rings. The standard InChI is InChI=1S/C21H20P.C15H23BN2O4.C15H17N3O3.2C13H15N3O2.C12H24B2O4.C9H11BrN2O2.C6H6BrNO/c1-2-18-22(19-12-6-3-7-13-19,20-14-8-4-9-15-20)21-16-10-5-11-17-21;1-6-9-20-18-12-10-17(13(18)19)8-7-11(12)16-21-14(2,3)15(4,5)22-16;1-3-8-21-18-13-10-17(15(18)20)7-6-12(13)11-4-5-14(19)16(2)9-11;2*1-14-7-9(3-4-12(14)17)10-5-6-16-8-11(10)15(2)13(16)18;1-9(2)10(3,4)16-13(15-9)14-17-11(5,6)12(7,8)18-14;1-2-5-14-12-8-6-11(9(12)13)4-3-7(8)10;1-8-4-5(7)2-3-6(8)9/h2-18H,1H3;6-7,12H,1,8-10H2,2-5H3;3-6,9,13H,1,7-8,10H2,2H3;2*3-5,7,11H,6,8H2,1-2H3;1-8H3;2-3,8H,1,4-6H2;2-4H,1H3/q+1;;;;;;;/b18-2+;;;;;;;. The summed E-state index contributed by atoms with van der Waals surface area (Å²) in [5.74, 6) is 2.41. The van der Waals surface area contributed by atoms with E-state index in [9.17, 15) is 43.2 Å². The number of halogens is 2. The number of nitrogens with zero attached hydrogens (tertiary/aromatic N) is 14. The molecule has 5 unspecified atom stereocenters. The van der Waals surface area contributed by atoms with Crippen LogP contribution in [0, 0.1) is 0 Å². The number of hydrogen-bond acceptors (Lipinski definition) is 18. The normalized spacial score (nSPS) is 22.2. The largest absolute Gasteiger partial charge is 0.492 e. The number of fused-ring (bicyclic) bond motifs is 10. The third kappa shape index (κ3) is 23.2. The monoisotopic (exact) mass is 2090 g/mol. The van der Waals surface area contributed by atoms with Crippen molar-refractivity contribution in [1.82, 2.24) is 67.8 Å². The van der Waals surface area contributed by atoms with Crippen molar-refractivity contribution < 1.29 is 66.4 Å². The van der Waals surface area contributed by atoms with E-state index in [0.717, 1.165) is 60.9 Å². The maximum Gasteiger partial charge on any atom is 0.492 e. The van der Waals surface area contributed by atoms with Crippen molar-refractivity contribution in [2.45, 2.75) is 154 Å². The zero-order valence-electron chi connectivity index (χ0n) is 84.6. The van der Waals surface area contributed by atoms with E-state index >= 15 is 0 Å². The van der Waals surface area contributed by atoms with Crippen molar-refractivity contribution in [1.29, 1.82) is 0 Å². The quantitative estimate of drug-likeness (QED) is 0.0438. The molecule has 0 aliphatic carbocycles. The molecular formula is C104H131B3Br2N14O18P+. The van der Waals surface area contributed by atoms with E-state index in [2.05, 4.69) is 174 Å². The number of likely N-dealkylation sites (N-methyl/N-ethyl adjacent to an activating group) is 2. The number of aryl methyl sites for hydroxylation is 4. The summed E-state index contributed by atoms with van der Waals surface area (Å²) in [6.07, 6.45) is 24.4. The number of urea groups is 5. The first-order valence-corrected chi connectivity index (χ1v) is 50.9. The molecule has 38 heteroatoms. The molecule has 17 heterocycles. The molecule has 10 amide bonds. The van der Waals surface area contributed by atoms with Crippen LogP contribution in [0.15, 0.2) is 278 Å². The molecule has 8 fully saturated rings. The number of carbonyl (C=O) groups is 5. The van der Waals surface area contributed by atoms with Gasteiger partial charge in [0.2, 0.25) is 22.2 Å². The van der Waals surface area contributed by atoms with Gasteiger partial charge in [-0.05, 0) is 205 Å². The minimum atomic E-state index is -1.73. The van der Waals surface area contributed by atoms with Crippen LogP contribution in [0.4, 0.5) is 24.0 Å². The number of carbonyl (C=O) groups excluding carboxylic acids is 5. The Morgan fingerprint density at radius 3 is 0.986 bits per heavy atom. The first kappa shape index (κ1) is 108. The Morgan fingerprint density at radius 1 is 0.359 bits per heavy atom. The predicted molar refractivity (Wildman–Crippen MR) is 565 cm³/mol. The Balaban J connectivity index is 0.000000138. The number of allylic oxidation sites excluding steroid dienone is 1. The zero-order valence-corrected chi connectivity index (χ0v) is 88.7. The van der Waals surface area contributed by atoms with Gasteiger partial charge in [-0.25, -0.2) is 24.0 Å². The highest BCUT2D eigenvalue weighted by atomic mass is 79.9. The van der Waals surface area contributed by atoms with Crippen LogP contribution >= 0.6 is 39.1 Å². The molecule has 142 heavy (non-hydrogen) atoms. The maximum absolute atomic E-state index is 12.3. The smallest absolute Gasteiger partial charge is 0.405 e. The summed E-state index contributed by atoms with van der Waals surface area (Å²) in [6.45, 7) is 44.6. The van der Waals surface area contributed by atoms with Gasteiger partial charge >= 0.3 is 51.3 Å². The van der Waals surface area contributed by atoms with E-state index in [0.29, 0.717) is 65.6 Å². The molecule has 13 aliphatic rings.